The van der Waals surface area contributed by atoms with Crippen molar-refractivity contribution in [3.05, 3.63) is 29.3 Å². The third kappa shape index (κ3) is 2.58. The lowest BCUT2D eigenvalue weighted by Crippen LogP contribution is -2.44. The first-order chi connectivity index (χ1) is 8.84. The summed E-state index contributed by atoms with van der Waals surface area (Å²) in [5.41, 5.74) is 7.56. The van der Waals surface area contributed by atoms with Crippen molar-refractivity contribution in [1.82, 2.24) is 0 Å². The van der Waals surface area contributed by atoms with E-state index in [2.05, 4.69) is 0 Å². The van der Waals surface area contributed by atoms with Gasteiger partial charge in [-0.2, -0.15) is 13.2 Å². The third-order valence-electron chi connectivity index (χ3n) is 3.25. The second kappa shape index (κ2) is 4.85. The molecular formula is C13H15F3N2O. The molecule has 0 radical (unpaired) electrons. The Labute approximate surface area is 109 Å². The first kappa shape index (κ1) is 13.9. The normalized spacial score (nSPS) is 18.6. The second-order valence-corrected chi connectivity index (χ2v) is 4.73. The van der Waals surface area contributed by atoms with Crippen LogP contribution in [0.5, 0.6) is 0 Å². The van der Waals surface area contributed by atoms with Gasteiger partial charge in [-0.3, -0.25) is 4.79 Å². The Kier molecular flexibility index (Phi) is 3.54. The zero-order valence-corrected chi connectivity index (χ0v) is 10.5. The molecule has 0 saturated heterocycles. The lowest BCUT2D eigenvalue weighted by molar-refractivity contribution is -0.170. The number of halogens is 3. The van der Waals surface area contributed by atoms with E-state index in [4.69, 9.17) is 5.73 Å². The van der Waals surface area contributed by atoms with Gasteiger partial charge in [0.2, 0.25) is 0 Å². The molecule has 1 heterocycles. The minimum absolute atomic E-state index is 0.357. The number of carbonyl (C=O) groups excluding carboxylic acids is 1. The minimum atomic E-state index is -4.84. The van der Waals surface area contributed by atoms with Gasteiger partial charge in [0.05, 0.1) is 0 Å². The number of anilines is 1. The SMILES string of the molecule is CC1Cc2cc(CCN)ccc2N1C(=O)C(F)(F)F. The van der Waals surface area contributed by atoms with Gasteiger partial charge < -0.3 is 10.6 Å². The van der Waals surface area contributed by atoms with Crippen molar-refractivity contribution >= 4 is 11.6 Å². The molecule has 0 aliphatic carbocycles. The molecule has 0 saturated carbocycles. The van der Waals surface area contributed by atoms with Gasteiger partial charge in [-0.1, -0.05) is 12.1 Å². The molecule has 1 amide bonds. The molecule has 2 rings (SSSR count). The van der Waals surface area contributed by atoms with E-state index in [1.165, 1.54) is 0 Å². The van der Waals surface area contributed by atoms with Crippen LogP contribution >= 0.6 is 0 Å². The number of carbonyl (C=O) groups is 1. The largest absolute Gasteiger partial charge is 0.471 e. The number of hydrogen-bond acceptors (Lipinski definition) is 2. The molecule has 0 aromatic heterocycles. The quantitative estimate of drug-likeness (QED) is 0.895. The summed E-state index contributed by atoms with van der Waals surface area (Å²) in [5.74, 6) is -1.80. The Morgan fingerprint density at radius 3 is 2.74 bits per heavy atom. The summed E-state index contributed by atoms with van der Waals surface area (Å²) in [6, 6.07) is 4.66. The van der Waals surface area contributed by atoms with Crippen LogP contribution in [0.4, 0.5) is 18.9 Å². The lowest BCUT2D eigenvalue weighted by atomic mass is 10.1. The monoisotopic (exact) mass is 272 g/mol. The van der Waals surface area contributed by atoms with Gasteiger partial charge in [-0.15, -0.1) is 0 Å². The number of fused-ring (bicyclic) bond motifs is 1. The van der Waals surface area contributed by atoms with E-state index in [0.29, 0.717) is 25.1 Å². The second-order valence-electron chi connectivity index (χ2n) is 4.73. The number of benzene rings is 1. The van der Waals surface area contributed by atoms with E-state index < -0.39 is 18.1 Å². The number of amides is 1. The molecule has 6 heteroatoms. The summed E-state index contributed by atoms with van der Waals surface area (Å²) in [6.07, 6.45) is -3.73. The van der Waals surface area contributed by atoms with Crippen LogP contribution in [0.2, 0.25) is 0 Å². The van der Waals surface area contributed by atoms with Crippen molar-refractivity contribution in [2.45, 2.75) is 32.0 Å². The Morgan fingerprint density at radius 1 is 1.47 bits per heavy atom. The molecule has 0 bridgehead atoms. The van der Waals surface area contributed by atoms with Crippen LogP contribution in [0.1, 0.15) is 18.1 Å². The van der Waals surface area contributed by atoms with Gasteiger partial charge in [-0.05, 0) is 43.5 Å². The van der Waals surface area contributed by atoms with Crippen molar-refractivity contribution in [3.63, 3.8) is 0 Å². The van der Waals surface area contributed by atoms with Gasteiger partial charge >= 0.3 is 12.1 Å². The molecule has 1 aliphatic rings. The maximum atomic E-state index is 12.6. The molecule has 3 nitrogen and oxygen atoms in total. The van der Waals surface area contributed by atoms with E-state index in [1.807, 2.05) is 6.07 Å². The highest BCUT2D eigenvalue weighted by Crippen LogP contribution is 2.35. The van der Waals surface area contributed by atoms with Crippen molar-refractivity contribution in [2.24, 2.45) is 5.73 Å². The Balaban J connectivity index is 2.35. The zero-order valence-electron chi connectivity index (χ0n) is 10.5. The molecule has 0 spiro atoms. The number of nitrogens with zero attached hydrogens (tertiary/aromatic N) is 1. The first-order valence-corrected chi connectivity index (χ1v) is 6.07. The van der Waals surface area contributed by atoms with Gasteiger partial charge in [0.25, 0.3) is 0 Å². The van der Waals surface area contributed by atoms with Crippen molar-refractivity contribution in [2.75, 3.05) is 11.4 Å². The molecule has 1 atom stereocenters. The van der Waals surface area contributed by atoms with E-state index in [-0.39, 0.29) is 0 Å². The molecule has 2 N–H and O–H groups in total. The van der Waals surface area contributed by atoms with Crippen LogP contribution in [0.3, 0.4) is 0 Å². The highest BCUT2D eigenvalue weighted by molar-refractivity contribution is 5.99. The summed E-state index contributed by atoms with van der Waals surface area (Å²) in [7, 11) is 0. The zero-order chi connectivity index (χ0) is 14.2. The number of nitrogens with two attached hydrogens (primary N) is 1. The fraction of sp³-hybridized carbons (Fsp3) is 0.462. The summed E-state index contributed by atoms with van der Waals surface area (Å²) in [4.78, 5) is 12.3. The maximum absolute atomic E-state index is 12.6. The van der Waals surface area contributed by atoms with Crippen LogP contribution in [0, 0.1) is 0 Å². The molecular weight excluding hydrogens is 257 g/mol. The molecule has 1 aromatic rings. The Bertz CT molecular complexity index is 499. The Morgan fingerprint density at radius 2 is 2.16 bits per heavy atom. The van der Waals surface area contributed by atoms with Crippen LogP contribution in [-0.4, -0.2) is 24.7 Å². The number of rotatable bonds is 2. The molecule has 1 aromatic carbocycles. The highest BCUT2D eigenvalue weighted by atomic mass is 19.4. The van der Waals surface area contributed by atoms with E-state index >= 15 is 0 Å². The van der Waals surface area contributed by atoms with Crippen LogP contribution in [0.15, 0.2) is 18.2 Å². The van der Waals surface area contributed by atoms with Gasteiger partial charge in [0, 0.05) is 11.7 Å². The van der Waals surface area contributed by atoms with Crippen LogP contribution in [-0.2, 0) is 17.6 Å². The Hall–Kier alpha value is -1.56. The average Bonchev–Trinajstić information content (AvgIpc) is 2.62. The number of hydrogen-bond donors (Lipinski definition) is 1. The van der Waals surface area contributed by atoms with E-state index in [1.54, 1.807) is 19.1 Å². The first-order valence-electron chi connectivity index (χ1n) is 6.07. The summed E-state index contributed by atoms with van der Waals surface area (Å²) in [6.45, 7) is 2.10. The van der Waals surface area contributed by atoms with Crippen molar-refractivity contribution < 1.29 is 18.0 Å². The predicted octanol–water partition coefficient (Wildman–Crippen LogP) is 2.03. The fourth-order valence-corrected chi connectivity index (χ4v) is 2.45. The third-order valence-corrected chi connectivity index (χ3v) is 3.25. The highest BCUT2D eigenvalue weighted by Gasteiger charge is 2.46. The smallest absolute Gasteiger partial charge is 0.330 e. The van der Waals surface area contributed by atoms with E-state index in [9.17, 15) is 18.0 Å². The van der Waals surface area contributed by atoms with Crippen molar-refractivity contribution in [3.8, 4) is 0 Å². The van der Waals surface area contributed by atoms with Crippen LogP contribution in [0.25, 0.3) is 0 Å². The fourth-order valence-electron chi connectivity index (χ4n) is 2.45. The summed E-state index contributed by atoms with van der Waals surface area (Å²) >= 11 is 0. The number of alkyl halides is 3. The maximum Gasteiger partial charge on any atom is 0.471 e. The predicted molar refractivity (Wildman–Crippen MR) is 65.9 cm³/mol. The van der Waals surface area contributed by atoms with Gasteiger partial charge in [0.1, 0.15) is 0 Å². The van der Waals surface area contributed by atoms with Crippen molar-refractivity contribution in [1.29, 1.82) is 0 Å². The standard InChI is InChI=1S/C13H15F3N2O/c1-8-6-10-7-9(4-5-17)2-3-11(10)18(8)12(19)13(14,15)16/h2-3,7-8H,4-6,17H2,1H3. The molecule has 19 heavy (non-hydrogen) atoms. The minimum Gasteiger partial charge on any atom is -0.330 e. The van der Waals surface area contributed by atoms with E-state index in [0.717, 1.165) is 16.0 Å². The molecule has 1 unspecified atom stereocenters. The van der Waals surface area contributed by atoms with Gasteiger partial charge in [-0.25, -0.2) is 0 Å². The average molecular weight is 272 g/mol. The molecule has 1 aliphatic heterocycles. The van der Waals surface area contributed by atoms with Gasteiger partial charge in [0.15, 0.2) is 0 Å². The lowest BCUT2D eigenvalue weighted by Gasteiger charge is -2.23. The molecule has 104 valence electrons. The summed E-state index contributed by atoms with van der Waals surface area (Å²) < 4.78 is 37.7. The molecule has 0 fully saturated rings. The van der Waals surface area contributed by atoms with Crippen LogP contribution < -0.4 is 10.6 Å². The summed E-state index contributed by atoms with van der Waals surface area (Å²) in [5, 5.41) is 0. The topological polar surface area (TPSA) is 46.3 Å².